The summed E-state index contributed by atoms with van der Waals surface area (Å²) < 4.78 is 37.1. The van der Waals surface area contributed by atoms with E-state index in [9.17, 15) is 8.42 Å². The maximum absolute atomic E-state index is 12.6. The summed E-state index contributed by atoms with van der Waals surface area (Å²) in [5.74, 6) is 0.357. The zero-order valence-electron chi connectivity index (χ0n) is 11.9. The number of likely N-dealkylation sites (N-methyl/N-ethyl adjacent to an activating group) is 1. The van der Waals surface area contributed by atoms with Gasteiger partial charge in [0.05, 0.1) is 29.8 Å². The number of ether oxygens (including phenoxy) is 2. The molecule has 0 aromatic heterocycles. The Balaban J connectivity index is 2.34. The fourth-order valence-electron chi connectivity index (χ4n) is 2.39. The van der Waals surface area contributed by atoms with Crippen molar-refractivity contribution in [3.63, 3.8) is 0 Å². The van der Waals surface area contributed by atoms with Crippen molar-refractivity contribution in [1.29, 1.82) is 0 Å². The monoisotopic (exact) mass is 300 g/mol. The van der Waals surface area contributed by atoms with E-state index in [1.807, 2.05) is 6.92 Å². The maximum atomic E-state index is 12.6. The van der Waals surface area contributed by atoms with E-state index in [2.05, 4.69) is 0 Å². The highest BCUT2D eigenvalue weighted by Crippen LogP contribution is 2.29. The highest BCUT2D eigenvalue weighted by Gasteiger charge is 2.35. The number of nitrogens with two attached hydrogens (primary N) is 1. The van der Waals surface area contributed by atoms with Crippen LogP contribution < -0.4 is 10.5 Å². The molecule has 1 aliphatic rings. The lowest BCUT2D eigenvalue weighted by atomic mass is 10.2. The predicted molar refractivity (Wildman–Crippen MR) is 76.2 cm³/mol. The van der Waals surface area contributed by atoms with E-state index in [0.717, 1.165) is 0 Å². The van der Waals surface area contributed by atoms with Crippen LogP contribution in [-0.4, -0.2) is 45.6 Å². The molecule has 112 valence electrons. The Morgan fingerprint density at radius 2 is 2.15 bits per heavy atom. The molecule has 7 heteroatoms. The third kappa shape index (κ3) is 2.61. The van der Waals surface area contributed by atoms with Gasteiger partial charge < -0.3 is 15.2 Å². The first-order valence-corrected chi connectivity index (χ1v) is 7.85. The summed E-state index contributed by atoms with van der Waals surface area (Å²) in [4.78, 5) is 0.171. The summed E-state index contributed by atoms with van der Waals surface area (Å²) in [6.45, 7) is 2.46. The molecule has 20 heavy (non-hydrogen) atoms. The van der Waals surface area contributed by atoms with Crippen molar-refractivity contribution in [1.82, 2.24) is 4.31 Å². The number of rotatable bonds is 4. The molecular formula is C13H20N2O4S. The maximum Gasteiger partial charge on any atom is 0.243 e. The number of methoxy groups -OCH3 is 1. The van der Waals surface area contributed by atoms with Gasteiger partial charge in [0.15, 0.2) is 0 Å². The van der Waals surface area contributed by atoms with Gasteiger partial charge in [-0.2, -0.15) is 4.31 Å². The van der Waals surface area contributed by atoms with E-state index in [1.165, 1.54) is 29.6 Å². The molecular weight excluding hydrogens is 280 g/mol. The quantitative estimate of drug-likeness (QED) is 0.841. The van der Waals surface area contributed by atoms with Crippen LogP contribution in [0.1, 0.15) is 13.3 Å². The number of anilines is 1. The molecule has 2 rings (SSSR count). The molecule has 6 nitrogen and oxygen atoms in total. The standard InChI is InChI=1S/C13H20N2O4S/c1-9-12(6-7-19-9)15(2)20(16,17)10-4-5-11(14)13(8-10)18-3/h4-5,8-9,12H,6-7,14H2,1-3H3. The van der Waals surface area contributed by atoms with Gasteiger partial charge in [0, 0.05) is 19.7 Å². The number of hydrogen-bond acceptors (Lipinski definition) is 5. The number of nitrogen functional groups attached to an aromatic ring is 1. The number of hydrogen-bond donors (Lipinski definition) is 1. The van der Waals surface area contributed by atoms with Gasteiger partial charge >= 0.3 is 0 Å². The van der Waals surface area contributed by atoms with Gasteiger partial charge in [-0.3, -0.25) is 0 Å². The van der Waals surface area contributed by atoms with Crippen LogP contribution in [-0.2, 0) is 14.8 Å². The molecule has 0 aliphatic carbocycles. The third-order valence-electron chi connectivity index (χ3n) is 3.69. The van der Waals surface area contributed by atoms with Crippen molar-refractivity contribution >= 4 is 15.7 Å². The fourth-order valence-corrected chi connectivity index (χ4v) is 3.86. The van der Waals surface area contributed by atoms with Crippen LogP contribution >= 0.6 is 0 Å². The molecule has 0 spiro atoms. The Kier molecular flexibility index (Phi) is 4.22. The largest absolute Gasteiger partial charge is 0.495 e. The minimum atomic E-state index is -3.59. The topological polar surface area (TPSA) is 81.9 Å². The van der Waals surface area contributed by atoms with Crippen molar-refractivity contribution in [2.45, 2.75) is 30.4 Å². The molecule has 0 saturated carbocycles. The van der Waals surface area contributed by atoms with Crippen molar-refractivity contribution in [3.05, 3.63) is 18.2 Å². The van der Waals surface area contributed by atoms with E-state index in [4.69, 9.17) is 15.2 Å². The molecule has 2 N–H and O–H groups in total. The second-order valence-electron chi connectivity index (χ2n) is 4.86. The molecule has 1 fully saturated rings. The molecule has 0 bridgehead atoms. The Labute approximate surface area is 119 Å². The van der Waals surface area contributed by atoms with Crippen LogP contribution in [0, 0.1) is 0 Å². The van der Waals surface area contributed by atoms with Crippen molar-refractivity contribution in [2.75, 3.05) is 26.5 Å². The second-order valence-corrected chi connectivity index (χ2v) is 6.85. The van der Waals surface area contributed by atoms with E-state index in [-0.39, 0.29) is 17.0 Å². The van der Waals surface area contributed by atoms with Gasteiger partial charge in [-0.05, 0) is 25.5 Å². The van der Waals surface area contributed by atoms with Gasteiger partial charge in [-0.1, -0.05) is 0 Å². The number of nitrogens with zero attached hydrogens (tertiary/aromatic N) is 1. The summed E-state index contributed by atoms with van der Waals surface area (Å²) in [6.07, 6.45) is 0.591. The Morgan fingerprint density at radius 1 is 1.45 bits per heavy atom. The molecule has 1 aromatic rings. The lowest BCUT2D eigenvalue weighted by molar-refractivity contribution is 0.102. The van der Waals surface area contributed by atoms with Gasteiger partial charge in [0.2, 0.25) is 10.0 Å². The van der Waals surface area contributed by atoms with Gasteiger partial charge in [0.1, 0.15) is 5.75 Å². The highest BCUT2D eigenvalue weighted by molar-refractivity contribution is 7.89. The van der Waals surface area contributed by atoms with E-state index in [0.29, 0.717) is 24.5 Å². The third-order valence-corrected chi connectivity index (χ3v) is 5.56. The van der Waals surface area contributed by atoms with E-state index in [1.54, 1.807) is 7.05 Å². The zero-order valence-corrected chi connectivity index (χ0v) is 12.7. The average Bonchev–Trinajstić information content (AvgIpc) is 2.84. The van der Waals surface area contributed by atoms with Crippen molar-refractivity contribution in [3.8, 4) is 5.75 Å². The summed E-state index contributed by atoms with van der Waals surface area (Å²) >= 11 is 0. The predicted octanol–water partition coefficient (Wildman–Crippen LogP) is 1.08. The molecule has 1 heterocycles. The zero-order chi connectivity index (χ0) is 14.9. The van der Waals surface area contributed by atoms with Gasteiger partial charge in [-0.25, -0.2) is 8.42 Å². The summed E-state index contributed by atoms with van der Waals surface area (Å²) in [5.41, 5.74) is 6.12. The summed E-state index contributed by atoms with van der Waals surface area (Å²) in [6, 6.07) is 4.32. The lowest BCUT2D eigenvalue weighted by Crippen LogP contribution is -2.40. The van der Waals surface area contributed by atoms with E-state index < -0.39 is 10.0 Å². The molecule has 1 aromatic carbocycles. The molecule has 2 unspecified atom stereocenters. The minimum Gasteiger partial charge on any atom is -0.495 e. The smallest absolute Gasteiger partial charge is 0.243 e. The summed E-state index contributed by atoms with van der Waals surface area (Å²) in [5, 5.41) is 0. The second kappa shape index (κ2) is 5.59. The molecule has 0 radical (unpaired) electrons. The van der Waals surface area contributed by atoms with Gasteiger partial charge in [-0.15, -0.1) is 0 Å². The normalized spacial score (nSPS) is 23.2. The van der Waals surface area contributed by atoms with Gasteiger partial charge in [0.25, 0.3) is 0 Å². The molecule has 1 aliphatic heterocycles. The van der Waals surface area contributed by atoms with Crippen LogP contribution in [0.15, 0.2) is 23.1 Å². The lowest BCUT2D eigenvalue weighted by Gasteiger charge is -2.26. The first-order chi connectivity index (χ1) is 9.37. The SMILES string of the molecule is COc1cc(S(=O)(=O)N(C)C2CCOC2C)ccc1N. The van der Waals surface area contributed by atoms with Crippen LogP contribution in [0.4, 0.5) is 5.69 Å². The van der Waals surface area contributed by atoms with Crippen LogP contribution in [0.2, 0.25) is 0 Å². The highest BCUT2D eigenvalue weighted by atomic mass is 32.2. The Morgan fingerprint density at radius 3 is 2.70 bits per heavy atom. The van der Waals surface area contributed by atoms with Crippen LogP contribution in [0.5, 0.6) is 5.75 Å². The van der Waals surface area contributed by atoms with Crippen LogP contribution in [0.3, 0.4) is 0 Å². The van der Waals surface area contributed by atoms with Crippen LogP contribution in [0.25, 0.3) is 0 Å². The Bertz CT molecular complexity index is 588. The molecule has 0 amide bonds. The van der Waals surface area contributed by atoms with E-state index >= 15 is 0 Å². The first-order valence-electron chi connectivity index (χ1n) is 6.41. The minimum absolute atomic E-state index is 0.106. The molecule has 2 atom stereocenters. The number of sulfonamides is 1. The Hall–Kier alpha value is -1.31. The summed E-state index contributed by atoms with van der Waals surface area (Å²) in [7, 11) is -0.552. The number of benzene rings is 1. The first kappa shape index (κ1) is 15.1. The van der Waals surface area contributed by atoms with Crippen molar-refractivity contribution < 1.29 is 17.9 Å². The average molecular weight is 300 g/mol. The fraction of sp³-hybridized carbons (Fsp3) is 0.538. The van der Waals surface area contributed by atoms with Crippen molar-refractivity contribution in [2.24, 2.45) is 0 Å². The molecule has 1 saturated heterocycles.